The van der Waals surface area contributed by atoms with Gasteiger partial charge in [0.1, 0.15) is 0 Å². The molecule has 0 heterocycles. The zero-order valence-corrected chi connectivity index (χ0v) is 21.8. The lowest BCUT2D eigenvalue weighted by Gasteiger charge is -2.23. The van der Waals surface area contributed by atoms with Crippen molar-refractivity contribution in [1.29, 1.82) is 0 Å². The summed E-state index contributed by atoms with van der Waals surface area (Å²) in [6, 6.07) is 10.2. The van der Waals surface area contributed by atoms with Crippen molar-refractivity contribution in [3.63, 3.8) is 0 Å². The minimum absolute atomic E-state index is 0.248. The number of benzene rings is 1. The van der Waals surface area contributed by atoms with E-state index < -0.39 is 0 Å². The van der Waals surface area contributed by atoms with Crippen molar-refractivity contribution < 1.29 is 15.3 Å². The minimum Gasteiger partial charge on any atom is -0.393 e. The van der Waals surface area contributed by atoms with E-state index >= 15 is 0 Å². The van der Waals surface area contributed by atoms with E-state index in [1.54, 1.807) is 11.6 Å². The summed E-state index contributed by atoms with van der Waals surface area (Å²) in [5.74, 6) is 0.971. The van der Waals surface area contributed by atoms with Gasteiger partial charge in [0.25, 0.3) is 0 Å². The van der Waals surface area contributed by atoms with Gasteiger partial charge in [0.15, 0.2) is 0 Å². The fourth-order valence-corrected chi connectivity index (χ4v) is 4.67. The Hall–Kier alpha value is -1.13. The van der Waals surface area contributed by atoms with Gasteiger partial charge in [-0.15, -0.1) is 6.58 Å². The predicted molar refractivity (Wildman–Crippen MR) is 141 cm³/mol. The Kier molecular flexibility index (Phi) is 15.7. The summed E-state index contributed by atoms with van der Waals surface area (Å²) >= 11 is 6.01. The Morgan fingerprint density at radius 2 is 1.58 bits per heavy atom. The maximum absolute atomic E-state index is 10.6. The topological polar surface area (TPSA) is 60.7 Å². The Morgan fingerprint density at radius 1 is 0.909 bits per heavy atom. The molecule has 4 heteroatoms. The first kappa shape index (κ1) is 29.9. The summed E-state index contributed by atoms with van der Waals surface area (Å²) in [6.07, 6.45) is 9.25. The second-order valence-electron chi connectivity index (χ2n) is 10.1. The molecule has 0 aliphatic heterocycles. The van der Waals surface area contributed by atoms with Crippen molar-refractivity contribution in [2.24, 2.45) is 17.8 Å². The van der Waals surface area contributed by atoms with Gasteiger partial charge >= 0.3 is 0 Å². The number of aliphatic hydroxyl groups is 3. The highest BCUT2D eigenvalue weighted by atomic mass is 35.5. The molecule has 0 aliphatic rings. The summed E-state index contributed by atoms with van der Waals surface area (Å²) in [7, 11) is 0. The third-order valence-electron chi connectivity index (χ3n) is 6.82. The molecule has 33 heavy (non-hydrogen) atoms. The van der Waals surface area contributed by atoms with Crippen molar-refractivity contribution in [3.8, 4) is 0 Å². The van der Waals surface area contributed by atoms with E-state index in [2.05, 4.69) is 39.5 Å². The number of aliphatic hydroxyl groups excluding tert-OH is 3. The summed E-state index contributed by atoms with van der Waals surface area (Å²) in [6.45, 7) is 10.1. The van der Waals surface area contributed by atoms with Gasteiger partial charge in [-0.3, -0.25) is 0 Å². The van der Waals surface area contributed by atoms with Gasteiger partial charge in [0.05, 0.1) is 18.3 Å². The van der Waals surface area contributed by atoms with Crippen LogP contribution in [-0.4, -0.2) is 33.6 Å². The van der Waals surface area contributed by atoms with E-state index in [9.17, 15) is 15.3 Å². The van der Waals surface area contributed by atoms with Crippen molar-refractivity contribution in [1.82, 2.24) is 0 Å². The fourth-order valence-electron chi connectivity index (χ4n) is 4.50. The van der Waals surface area contributed by atoms with Crippen molar-refractivity contribution in [2.75, 3.05) is 0 Å². The molecule has 0 aromatic heterocycles. The average molecular weight is 479 g/mol. The first-order valence-corrected chi connectivity index (χ1v) is 13.2. The molecule has 3 nitrogen and oxygen atoms in total. The highest BCUT2D eigenvalue weighted by Gasteiger charge is 2.19. The van der Waals surface area contributed by atoms with Gasteiger partial charge < -0.3 is 15.3 Å². The van der Waals surface area contributed by atoms with E-state index in [1.807, 2.05) is 18.2 Å². The van der Waals surface area contributed by atoms with Gasteiger partial charge in [-0.25, -0.2) is 0 Å². The summed E-state index contributed by atoms with van der Waals surface area (Å²) < 4.78 is 0. The van der Waals surface area contributed by atoms with Crippen molar-refractivity contribution in [2.45, 2.75) is 103 Å². The second-order valence-corrected chi connectivity index (χ2v) is 10.3. The van der Waals surface area contributed by atoms with Crippen LogP contribution < -0.4 is 0 Å². The number of unbranched alkanes of at least 4 members (excludes halogenated alkanes) is 1. The molecule has 1 aromatic carbocycles. The second kappa shape index (κ2) is 17.3. The van der Waals surface area contributed by atoms with Gasteiger partial charge in [0.2, 0.25) is 0 Å². The molecule has 1 aromatic rings. The molecule has 3 N–H and O–H groups in total. The molecule has 0 radical (unpaired) electrons. The van der Waals surface area contributed by atoms with Crippen LogP contribution in [0, 0.1) is 17.8 Å². The lowest BCUT2D eigenvalue weighted by atomic mass is 9.86. The van der Waals surface area contributed by atoms with E-state index in [0.29, 0.717) is 18.8 Å². The lowest BCUT2D eigenvalue weighted by Crippen LogP contribution is -2.21. The maximum Gasteiger partial charge on any atom is 0.0600 e. The van der Waals surface area contributed by atoms with E-state index in [0.717, 1.165) is 56.9 Å². The Bertz CT molecular complexity index is 660. The highest BCUT2D eigenvalue weighted by Crippen LogP contribution is 2.25. The molecule has 0 saturated heterocycles. The average Bonchev–Trinajstić information content (AvgIpc) is 2.80. The number of hydrogen-bond acceptors (Lipinski definition) is 3. The molecule has 0 saturated carbocycles. The lowest BCUT2D eigenvalue weighted by molar-refractivity contribution is 0.0851. The molecule has 0 spiro atoms. The summed E-state index contributed by atoms with van der Waals surface area (Å²) in [5.41, 5.74) is 3.87. The Balaban J connectivity index is 2.25. The van der Waals surface area contributed by atoms with Crippen LogP contribution in [0.3, 0.4) is 0 Å². The van der Waals surface area contributed by atoms with Gasteiger partial charge in [0, 0.05) is 5.54 Å². The summed E-state index contributed by atoms with van der Waals surface area (Å²) in [5, 5.41) is 31.1. The zero-order chi connectivity index (χ0) is 24.6. The zero-order valence-electron chi connectivity index (χ0n) is 21.0. The standard InChI is InChI=1S/C29H47ClO3/c1-5-11-28(32)23(3)12-9-10-15-29(33)24(4)18-22(2)16-17-27(31)20-26(21-30)19-25-13-7-6-8-14-25/h5-8,13-14,21-24,27-29,31-33H,1,9-12,15-20H2,2-4H3/b26-21-. The van der Waals surface area contributed by atoms with Crippen molar-refractivity contribution >= 4 is 11.6 Å². The molecule has 0 amide bonds. The largest absolute Gasteiger partial charge is 0.393 e. The van der Waals surface area contributed by atoms with Gasteiger partial charge in [-0.2, -0.15) is 0 Å². The number of hydrogen-bond donors (Lipinski definition) is 3. The van der Waals surface area contributed by atoms with Crippen LogP contribution >= 0.6 is 11.6 Å². The fraction of sp³-hybridized carbons (Fsp3) is 0.655. The normalized spacial score (nSPS) is 17.7. The quantitative estimate of drug-likeness (QED) is 0.156. The van der Waals surface area contributed by atoms with Crippen LogP contribution in [0.25, 0.3) is 0 Å². The molecule has 6 atom stereocenters. The molecule has 6 unspecified atom stereocenters. The summed E-state index contributed by atoms with van der Waals surface area (Å²) in [4.78, 5) is 0. The Morgan fingerprint density at radius 3 is 2.21 bits per heavy atom. The third-order valence-corrected chi connectivity index (χ3v) is 7.13. The van der Waals surface area contributed by atoms with E-state index in [-0.39, 0.29) is 30.1 Å². The Labute approximate surface area is 207 Å². The molecule has 1 rings (SSSR count). The molecule has 0 fully saturated rings. The molecule has 0 bridgehead atoms. The van der Waals surface area contributed by atoms with Crippen LogP contribution in [0.1, 0.15) is 84.1 Å². The number of halogens is 1. The molecule has 0 aliphatic carbocycles. The van der Waals surface area contributed by atoms with Gasteiger partial charge in [-0.1, -0.05) is 87.2 Å². The van der Waals surface area contributed by atoms with E-state index in [1.165, 1.54) is 5.56 Å². The molecular formula is C29H47ClO3. The van der Waals surface area contributed by atoms with Crippen LogP contribution in [-0.2, 0) is 6.42 Å². The van der Waals surface area contributed by atoms with Crippen LogP contribution in [0.5, 0.6) is 0 Å². The van der Waals surface area contributed by atoms with Gasteiger partial charge in [-0.05, 0) is 74.7 Å². The first-order chi connectivity index (χ1) is 15.8. The van der Waals surface area contributed by atoms with Crippen LogP contribution in [0.4, 0.5) is 0 Å². The highest BCUT2D eigenvalue weighted by molar-refractivity contribution is 6.25. The predicted octanol–water partition coefficient (Wildman–Crippen LogP) is 7.04. The van der Waals surface area contributed by atoms with Crippen molar-refractivity contribution in [3.05, 3.63) is 59.7 Å². The SMILES string of the molecule is C=CCC(O)C(C)CCCCC(O)C(C)CC(C)CCC(O)C/C(=C\Cl)Cc1ccccc1. The van der Waals surface area contributed by atoms with Crippen LogP contribution in [0.15, 0.2) is 54.1 Å². The van der Waals surface area contributed by atoms with Crippen LogP contribution in [0.2, 0.25) is 0 Å². The number of rotatable bonds is 18. The van der Waals surface area contributed by atoms with E-state index in [4.69, 9.17) is 11.6 Å². The smallest absolute Gasteiger partial charge is 0.0600 e. The molecule has 188 valence electrons. The first-order valence-electron chi connectivity index (χ1n) is 12.7. The minimum atomic E-state index is -0.389. The third kappa shape index (κ3) is 13.4. The monoisotopic (exact) mass is 478 g/mol. The molecular weight excluding hydrogens is 432 g/mol. The maximum atomic E-state index is 10.6.